The number of rotatable bonds is 6. The van der Waals surface area contributed by atoms with E-state index in [1.54, 1.807) is 0 Å². The molecule has 218 valence electrons. The van der Waals surface area contributed by atoms with Crippen LogP contribution >= 0.6 is 0 Å². The second kappa shape index (κ2) is 9.59. The van der Waals surface area contributed by atoms with Gasteiger partial charge in [0, 0.05) is 45.4 Å². The van der Waals surface area contributed by atoms with Crippen LogP contribution in [0.15, 0.2) is 79.1 Å². The van der Waals surface area contributed by atoms with Gasteiger partial charge in [-0.15, -0.1) is 0 Å². The fourth-order valence-electron chi connectivity index (χ4n) is 7.62. The van der Waals surface area contributed by atoms with Crippen LogP contribution in [0.3, 0.4) is 0 Å². The minimum Gasteiger partial charge on any atom is -0.375 e. The van der Waals surface area contributed by atoms with E-state index in [9.17, 15) is 0 Å². The Kier molecular flexibility index (Phi) is 5.59. The number of hydrogen-bond donors (Lipinski definition) is 3. The predicted molar refractivity (Wildman–Crippen MR) is 174 cm³/mol. The van der Waals surface area contributed by atoms with Crippen molar-refractivity contribution < 1.29 is 4.74 Å². The normalized spacial score (nSPS) is 23.5. The molecule has 2 aliphatic heterocycles. The number of imidazole rings is 1. The molecule has 3 fully saturated rings. The maximum Gasteiger partial charge on any atom is 0.157 e. The molecule has 1 aliphatic carbocycles. The Morgan fingerprint density at radius 1 is 0.795 bits per heavy atom. The first-order valence-corrected chi connectivity index (χ1v) is 15.5. The van der Waals surface area contributed by atoms with Crippen molar-refractivity contribution in [1.29, 1.82) is 0 Å². The Bertz CT molecular complexity index is 2070. The van der Waals surface area contributed by atoms with Crippen LogP contribution < -0.4 is 10.6 Å². The van der Waals surface area contributed by atoms with Crippen molar-refractivity contribution in [3.63, 3.8) is 0 Å². The molecule has 3 N–H and O–H groups in total. The molecule has 0 radical (unpaired) electrons. The monoisotopic (exact) mass is 579 g/mol. The highest BCUT2D eigenvalue weighted by Gasteiger charge is 2.64. The quantitative estimate of drug-likeness (QED) is 0.185. The van der Waals surface area contributed by atoms with Gasteiger partial charge >= 0.3 is 0 Å². The summed E-state index contributed by atoms with van der Waals surface area (Å²) in [5, 5.41) is 8.24. The summed E-state index contributed by atoms with van der Waals surface area (Å²) in [6.07, 6.45) is 9.39. The third kappa shape index (κ3) is 4.32. The Hall–Kier alpha value is -4.82. The molecule has 0 spiro atoms. The smallest absolute Gasteiger partial charge is 0.157 e. The van der Waals surface area contributed by atoms with Crippen LogP contribution in [0.5, 0.6) is 0 Å². The number of pyridine rings is 3. The zero-order valence-electron chi connectivity index (χ0n) is 24.8. The molecule has 3 aliphatic rings. The summed E-state index contributed by atoms with van der Waals surface area (Å²) in [7, 11) is 0. The number of fused-ring (bicyclic) bond motifs is 6. The van der Waals surface area contributed by atoms with Crippen LogP contribution in [0.1, 0.15) is 42.6 Å². The molecular formula is C36H33N7O. The van der Waals surface area contributed by atoms with Gasteiger partial charge in [-0.2, -0.15) is 0 Å². The lowest BCUT2D eigenvalue weighted by Gasteiger charge is -2.29. The van der Waals surface area contributed by atoms with Crippen molar-refractivity contribution in [3.05, 3.63) is 96.1 Å². The van der Waals surface area contributed by atoms with Gasteiger partial charge in [-0.25, -0.2) is 4.98 Å². The van der Waals surface area contributed by atoms with Gasteiger partial charge < -0.3 is 20.4 Å². The predicted octanol–water partition coefficient (Wildman–Crippen LogP) is 7.88. The molecule has 1 unspecified atom stereocenters. The number of aryl methyl sites for hydroxylation is 2. The van der Waals surface area contributed by atoms with E-state index < -0.39 is 0 Å². The zero-order chi connectivity index (χ0) is 29.4. The highest BCUT2D eigenvalue weighted by Crippen LogP contribution is 2.65. The van der Waals surface area contributed by atoms with Crippen LogP contribution in [0.2, 0.25) is 0 Å². The van der Waals surface area contributed by atoms with Gasteiger partial charge in [0.25, 0.3) is 0 Å². The molecule has 0 amide bonds. The van der Waals surface area contributed by atoms with Gasteiger partial charge in [0.2, 0.25) is 0 Å². The van der Waals surface area contributed by atoms with Gasteiger partial charge in [0.1, 0.15) is 5.69 Å². The number of aromatic amines is 1. The highest BCUT2D eigenvalue weighted by atomic mass is 16.5. The van der Waals surface area contributed by atoms with E-state index >= 15 is 0 Å². The minimum absolute atomic E-state index is 0.283. The van der Waals surface area contributed by atoms with Gasteiger partial charge in [-0.05, 0) is 112 Å². The first kappa shape index (κ1) is 25.7. The zero-order valence-corrected chi connectivity index (χ0v) is 24.8. The molecular weight excluding hydrogens is 546 g/mol. The number of nitrogens with zero attached hydrogens (tertiary/aromatic N) is 4. The van der Waals surface area contributed by atoms with Crippen molar-refractivity contribution in [2.75, 3.05) is 10.6 Å². The molecule has 44 heavy (non-hydrogen) atoms. The molecule has 8 nitrogen and oxygen atoms in total. The van der Waals surface area contributed by atoms with Crippen molar-refractivity contribution in [2.24, 2.45) is 5.92 Å². The lowest BCUT2D eigenvalue weighted by Crippen LogP contribution is -2.29. The second-order valence-electron chi connectivity index (χ2n) is 12.8. The van der Waals surface area contributed by atoms with Crippen molar-refractivity contribution in [3.8, 4) is 11.5 Å². The van der Waals surface area contributed by atoms with Crippen molar-refractivity contribution >= 4 is 44.7 Å². The van der Waals surface area contributed by atoms with E-state index in [0.717, 1.165) is 74.0 Å². The molecule has 2 bridgehead atoms. The molecule has 2 aromatic carbocycles. The Balaban J connectivity index is 0.976. The molecule has 6 heterocycles. The summed E-state index contributed by atoms with van der Waals surface area (Å²) in [4.78, 5) is 22.1. The third-order valence-corrected chi connectivity index (χ3v) is 9.78. The number of ether oxygens (including phenoxy) is 1. The minimum atomic E-state index is 0.283. The molecule has 4 aromatic heterocycles. The lowest BCUT2D eigenvalue weighted by atomic mass is 9.85. The van der Waals surface area contributed by atoms with Gasteiger partial charge in [0.15, 0.2) is 5.82 Å². The Morgan fingerprint density at radius 3 is 2.57 bits per heavy atom. The number of nitrogens with one attached hydrogen (secondary N) is 3. The first-order valence-electron chi connectivity index (χ1n) is 15.5. The molecule has 2 saturated heterocycles. The van der Waals surface area contributed by atoms with Crippen LogP contribution in [0.4, 0.5) is 22.7 Å². The van der Waals surface area contributed by atoms with E-state index in [2.05, 4.69) is 57.0 Å². The molecule has 1 saturated carbocycles. The van der Waals surface area contributed by atoms with Gasteiger partial charge in [0.05, 0.1) is 40.6 Å². The van der Waals surface area contributed by atoms with Crippen LogP contribution in [-0.4, -0.2) is 37.1 Å². The van der Waals surface area contributed by atoms with Crippen LogP contribution in [-0.2, 0) is 10.2 Å². The summed E-state index contributed by atoms with van der Waals surface area (Å²) >= 11 is 0. The average molecular weight is 580 g/mol. The summed E-state index contributed by atoms with van der Waals surface area (Å²) in [5.41, 5.74) is 11.3. The lowest BCUT2D eigenvalue weighted by molar-refractivity contribution is -0.00879. The van der Waals surface area contributed by atoms with Crippen LogP contribution in [0.25, 0.3) is 33.5 Å². The van der Waals surface area contributed by atoms with Gasteiger partial charge in [-0.1, -0.05) is 6.07 Å². The SMILES string of the molecule is Cc1cc(Nc2ccc3nc(-c4ccc(Nc5cc(C)nc6ccc(C78C[C@H]9CC[C@H](O9)[C@@H]7C8)cc56)cn4)[nH]c3c2)ccn1. The van der Waals surface area contributed by atoms with Crippen molar-refractivity contribution in [2.45, 2.75) is 57.2 Å². The topological polar surface area (TPSA) is 101 Å². The largest absolute Gasteiger partial charge is 0.375 e. The maximum atomic E-state index is 6.25. The number of aromatic nitrogens is 5. The molecule has 8 heteroatoms. The first-order chi connectivity index (χ1) is 21.5. The summed E-state index contributed by atoms with van der Waals surface area (Å²) in [5.74, 6) is 1.40. The van der Waals surface area contributed by atoms with E-state index in [1.165, 1.54) is 24.8 Å². The average Bonchev–Trinajstić information content (AvgIpc) is 3.41. The number of benzene rings is 2. The van der Waals surface area contributed by atoms with E-state index in [0.29, 0.717) is 18.1 Å². The fourth-order valence-corrected chi connectivity index (χ4v) is 7.62. The molecule has 6 aromatic rings. The number of anilines is 4. The van der Waals surface area contributed by atoms with E-state index in [-0.39, 0.29) is 5.41 Å². The Morgan fingerprint density at radius 2 is 1.68 bits per heavy atom. The molecule has 4 atom stereocenters. The standard InChI is InChI=1S/C36H33N7O/c1-20-13-24(11-12-37-20)40-23-4-8-30-33(16-23)43-35(42-30)31-9-5-25(19-38-31)41-32-14-21(2)39-29-7-3-22(15-27(29)32)36-17-26-6-10-34(44-26)28(36)18-36/h3-5,7-9,11-16,19,26,28,34H,6,10,17-18H2,1-2H3,(H,37,40)(H,39,41)(H,42,43)/t26-,28+,34+,36?/m1/s1. The maximum absolute atomic E-state index is 6.25. The summed E-state index contributed by atoms with van der Waals surface area (Å²) in [6, 6.07) is 23.2. The number of H-pyrrole nitrogens is 1. The fraction of sp³-hybridized carbons (Fsp3) is 0.278. The van der Waals surface area contributed by atoms with Gasteiger partial charge in [-0.3, -0.25) is 15.0 Å². The van der Waals surface area contributed by atoms with E-state index in [1.807, 2.05) is 56.6 Å². The summed E-state index contributed by atoms with van der Waals surface area (Å²) in [6.45, 7) is 4.03. The third-order valence-electron chi connectivity index (χ3n) is 9.78. The van der Waals surface area contributed by atoms with Crippen LogP contribution in [0, 0.1) is 19.8 Å². The Labute approximate surface area is 255 Å². The summed E-state index contributed by atoms with van der Waals surface area (Å²) < 4.78 is 6.25. The van der Waals surface area contributed by atoms with Crippen molar-refractivity contribution in [1.82, 2.24) is 24.9 Å². The molecule has 9 rings (SSSR count). The second-order valence-corrected chi connectivity index (χ2v) is 12.8. The number of hydrogen-bond acceptors (Lipinski definition) is 7. The highest BCUT2D eigenvalue weighted by molar-refractivity contribution is 5.94. The van der Waals surface area contributed by atoms with E-state index in [4.69, 9.17) is 19.7 Å².